The Kier molecular flexibility index (Phi) is 4.74. The lowest BCUT2D eigenvalue weighted by Crippen LogP contribution is -2.26. The summed E-state index contributed by atoms with van der Waals surface area (Å²) in [5.41, 5.74) is 3.26. The number of para-hydroxylation sites is 1. The fourth-order valence-electron chi connectivity index (χ4n) is 2.70. The minimum absolute atomic E-state index is 0.231. The summed E-state index contributed by atoms with van der Waals surface area (Å²) >= 11 is 0. The van der Waals surface area contributed by atoms with E-state index in [9.17, 15) is 4.79 Å². The lowest BCUT2D eigenvalue weighted by molar-refractivity contribution is 0.0948. The van der Waals surface area contributed by atoms with Crippen LogP contribution in [-0.2, 0) is 6.42 Å². The van der Waals surface area contributed by atoms with Crippen molar-refractivity contribution in [2.24, 2.45) is 0 Å². The molecule has 0 fully saturated rings. The second-order valence-electron chi connectivity index (χ2n) is 5.98. The average molecular weight is 358 g/mol. The molecule has 0 atom stereocenters. The average Bonchev–Trinajstić information content (AvgIpc) is 3.41. The number of rotatable bonds is 6. The van der Waals surface area contributed by atoms with E-state index in [1.165, 1.54) is 11.0 Å². The Balaban J connectivity index is 1.31. The Labute approximate surface area is 156 Å². The van der Waals surface area contributed by atoms with Crippen molar-refractivity contribution in [2.75, 3.05) is 6.54 Å². The van der Waals surface area contributed by atoms with Gasteiger partial charge < -0.3 is 5.32 Å². The van der Waals surface area contributed by atoms with Crippen molar-refractivity contribution in [1.29, 1.82) is 0 Å². The van der Waals surface area contributed by atoms with Gasteiger partial charge in [-0.3, -0.25) is 4.79 Å². The van der Waals surface area contributed by atoms with Gasteiger partial charge in [0, 0.05) is 18.9 Å². The van der Waals surface area contributed by atoms with Crippen LogP contribution in [0.5, 0.6) is 0 Å². The van der Waals surface area contributed by atoms with E-state index in [0.717, 1.165) is 23.4 Å². The van der Waals surface area contributed by atoms with Crippen molar-refractivity contribution in [1.82, 2.24) is 30.1 Å². The predicted molar refractivity (Wildman–Crippen MR) is 101 cm³/mol. The zero-order chi connectivity index (χ0) is 18.5. The topological polar surface area (TPSA) is 77.6 Å². The normalized spacial score (nSPS) is 10.7. The maximum Gasteiger partial charge on any atom is 0.273 e. The highest BCUT2D eigenvalue weighted by Crippen LogP contribution is 2.09. The number of nitrogens with one attached hydrogen (secondary N) is 1. The van der Waals surface area contributed by atoms with Crippen molar-refractivity contribution in [3.63, 3.8) is 0 Å². The van der Waals surface area contributed by atoms with Crippen LogP contribution in [0, 0.1) is 0 Å². The first-order valence-electron chi connectivity index (χ1n) is 8.64. The molecule has 0 aliphatic carbocycles. The van der Waals surface area contributed by atoms with Crippen LogP contribution in [0.3, 0.4) is 0 Å². The first-order chi connectivity index (χ1) is 13.3. The van der Waals surface area contributed by atoms with Gasteiger partial charge in [0.2, 0.25) is 0 Å². The molecular weight excluding hydrogens is 340 g/mol. The lowest BCUT2D eigenvalue weighted by Gasteiger charge is -2.05. The maximum atomic E-state index is 12.3. The Bertz CT molecular complexity index is 1010. The highest BCUT2D eigenvalue weighted by Gasteiger charge is 2.10. The largest absolute Gasteiger partial charge is 0.350 e. The van der Waals surface area contributed by atoms with Gasteiger partial charge >= 0.3 is 0 Å². The Hall–Kier alpha value is -3.74. The number of benzene rings is 2. The summed E-state index contributed by atoms with van der Waals surface area (Å²) in [6.07, 6.45) is 5.86. The molecule has 1 amide bonds. The summed E-state index contributed by atoms with van der Waals surface area (Å²) in [7, 11) is 0. The molecule has 7 nitrogen and oxygen atoms in total. The molecule has 4 aromatic rings. The number of carbonyl (C=O) groups excluding carboxylic acids is 1. The second-order valence-corrected chi connectivity index (χ2v) is 5.98. The molecule has 0 spiro atoms. The number of aromatic nitrogens is 5. The molecule has 2 aromatic carbocycles. The van der Waals surface area contributed by atoms with Crippen molar-refractivity contribution in [3.05, 3.63) is 90.5 Å². The molecule has 0 saturated carbocycles. The van der Waals surface area contributed by atoms with Gasteiger partial charge in [0.05, 0.1) is 17.6 Å². The number of amides is 1. The molecule has 1 N–H and O–H groups in total. The third kappa shape index (κ3) is 3.92. The second kappa shape index (κ2) is 7.65. The molecule has 0 saturated heterocycles. The van der Waals surface area contributed by atoms with E-state index in [-0.39, 0.29) is 5.91 Å². The number of carbonyl (C=O) groups is 1. The zero-order valence-corrected chi connectivity index (χ0v) is 14.6. The van der Waals surface area contributed by atoms with Crippen LogP contribution in [0.15, 0.2) is 79.3 Å². The van der Waals surface area contributed by atoms with Gasteiger partial charge in [-0.2, -0.15) is 15.0 Å². The monoisotopic (exact) mass is 358 g/mol. The molecule has 0 radical (unpaired) electrons. The van der Waals surface area contributed by atoms with Gasteiger partial charge in [-0.1, -0.05) is 30.3 Å². The lowest BCUT2D eigenvalue weighted by atomic mass is 10.1. The minimum atomic E-state index is -0.231. The van der Waals surface area contributed by atoms with Crippen LogP contribution in [0.2, 0.25) is 0 Å². The van der Waals surface area contributed by atoms with Crippen molar-refractivity contribution < 1.29 is 4.79 Å². The van der Waals surface area contributed by atoms with E-state index >= 15 is 0 Å². The molecule has 4 rings (SSSR count). The SMILES string of the molecule is O=C(NCCc1ccc(-n2cccn2)cc1)c1cnn(-c2ccccc2)n1. The summed E-state index contributed by atoms with van der Waals surface area (Å²) < 4.78 is 1.81. The van der Waals surface area contributed by atoms with E-state index in [2.05, 4.69) is 20.6 Å². The molecule has 2 heterocycles. The highest BCUT2D eigenvalue weighted by molar-refractivity contribution is 5.91. The standard InChI is InChI=1S/C20H18N6O/c27-20(19-15-23-26(24-19)18-5-2-1-3-6-18)21-13-11-16-7-9-17(10-8-16)25-14-4-12-22-25/h1-10,12,14-15H,11,13H2,(H,21,27). The van der Waals surface area contributed by atoms with E-state index in [1.807, 2.05) is 71.5 Å². The maximum absolute atomic E-state index is 12.3. The Morgan fingerprint density at radius 1 is 0.926 bits per heavy atom. The fourth-order valence-corrected chi connectivity index (χ4v) is 2.70. The molecule has 0 aliphatic heterocycles. The Morgan fingerprint density at radius 3 is 2.48 bits per heavy atom. The van der Waals surface area contributed by atoms with Crippen LogP contribution < -0.4 is 5.32 Å². The summed E-state index contributed by atoms with van der Waals surface area (Å²) in [5, 5.41) is 15.5. The van der Waals surface area contributed by atoms with E-state index in [4.69, 9.17) is 0 Å². The van der Waals surface area contributed by atoms with Crippen LogP contribution in [-0.4, -0.2) is 37.2 Å². The first-order valence-corrected chi connectivity index (χ1v) is 8.64. The van der Waals surface area contributed by atoms with Gasteiger partial charge in [-0.25, -0.2) is 4.68 Å². The van der Waals surface area contributed by atoms with E-state index in [0.29, 0.717) is 12.2 Å². The smallest absolute Gasteiger partial charge is 0.273 e. The summed E-state index contributed by atoms with van der Waals surface area (Å²) in [6, 6.07) is 19.5. The predicted octanol–water partition coefficient (Wildman–Crippen LogP) is 2.43. The minimum Gasteiger partial charge on any atom is -0.350 e. The summed E-state index contributed by atoms with van der Waals surface area (Å²) in [5.74, 6) is -0.231. The number of hydrogen-bond donors (Lipinski definition) is 1. The molecule has 2 aromatic heterocycles. The first kappa shape index (κ1) is 16.7. The molecular formula is C20H18N6O. The van der Waals surface area contributed by atoms with Gasteiger partial charge in [0.15, 0.2) is 5.69 Å². The molecule has 27 heavy (non-hydrogen) atoms. The van der Waals surface area contributed by atoms with E-state index < -0.39 is 0 Å². The number of hydrogen-bond acceptors (Lipinski definition) is 4. The van der Waals surface area contributed by atoms with Crippen LogP contribution in [0.1, 0.15) is 16.1 Å². The molecule has 0 aliphatic rings. The molecule has 0 unspecified atom stereocenters. The third-order valence-electron chi connectivity index (χ3n) is 4.12. The van der Waals surface area contributed by atoms with E-state index in [1.54, 1.807) is 6.20 Å². The summed E-state index contributed by atoms with van der Waals surface area (Å²) in [4.78, 5) is 13.7. The zero-order valence-electron chi connectivity index (χ0n) is 14.6. The highest BCUT2D eigenvalue weighted by atomic mass is 16.2. The van der Waals surface area contributed by atoms with Crippen molar-refractivity contribution >= 4 is 5.91 Å². The molecule has 134 valence electrons. The Morgan fingerprint density at radius 2 is 1.74 bits per heavy atom. The van der Waals surface area contributed by atoms with Crippen molar-refractivity contribution in [2.45, 2.75) is 6.42 Å². The number of nitrogens with zero attached hydrogens (tertiary/aromatic N) is 5. The van der Waals surface area contributed by atoms with Gasteiger partial charge in [0.1, 0.15) is 0 Å². The third-order valence-corrected chi connectivity index (χ3v) is 4.12. The van der Waals surface area contributed by atoms with Gasteiger partial charge in [0.25, 0.3) is 5.91 Å². The fraction of sp³-hybridized carbons (Fsp3) is 0.100. The van der Waals surface area contributed by atoms with Crippen LogP contribution in [0.25, 0.3) is 11.4 Å². The van der Waals surface area contributed by atoms with Crippen molar-refractivity contribution in [3.8, 4) is 11.4 Å². The summed E-state index contributed by atoms with van der Waals surface area (Å²) in [6.45, 7) is 0.526. The van der Waals surface area contributed by atoms with Gasteiger partial charge in [-0.05, 0) is 42.3 Å². The van der Waals surface area contributed by atoms with Crippen LogP contribution >= 0.6 is 0 Å². The molecule has 0 bridgehead atoms. The molecule has 7 heteroatoms. The van der Waals surface area contributed by atoms with Gasteiger partial charge in [-0.15, -0.1) is 5.10 Å². The quantitative estimate of drug-likeness (QED) is 0.574. The van der Waals surface area contributed by atoms with Crippen LogP contribution in [0.4, 0.5) is 0 Å².